The summed E-state index contributed by atoms with van der Waals surface area (Å²) in [6.07, 6.45) is 4.17. The molecular weight excluding hydrogens is 330 g/mol. The summed E-state index contributed by atoms with van der Waals surface area (Å²) >= 11 is 1.69. The molecule has 3 aromatic rings. The Kier molecular flexibility index (Phi) is 4.08. The first-order valence-corrected chi connectivity index (χ1v) is 10.1. The normalized spacial score (nSPS) is 21.4. The third-order valence-corrected chi connectivity index (χ3v) is 6.33. The molecule has 1 saturated heterocycles. The maximum absolute atomic E-state index is 6.01. The molecular formula is C20H23N3OS. The summed E-state index contributed by atoms with van der Waals surface area (Å²) in [5.74, 6) is 2.66. The van der Waals surface area contributed by atoms with E-state index in [4.69, 9.17) is 4.42 Å². The van der Waals surface area contributed by atoms with Crippen LogP contribution < -0.4 is 5.32 Å². The van der Waals surface area contributed by atoms with Crippen LogP contribution in [0, 0.1) is 5.92 Å². The van der Waals surface area contributed by atoms with E-state index >= 15 is 0 Å². The van der Waals surface area contributed by atoms with Gasteiger partial charge in [0.05, 0.1) is 16.8 Å². The minimum Gasteiger partial charge on any atom is -0.457 e. The van der Waals surface area contributed by atoms with Crippen LogP contribution in [0.4, 0.5) is 0 Å². The minimum absolute atomic E-state index is 0.791. The fourth-order valence-electron chi connectivity index (χ4n) is 3.77. The molecule has 1 saturated carbocycles. The van der Waals surface area contributed by atoms with Gasteiger partial charge in [-0.1, -0.05) is 12.1 Å². The van der Waals surface area contributed by atoms with E-state index in [1.807, 2.05) is 18.2 Å². The maximum atomic E-state index is 6.01. The fraction of sp³-hybridized carbons (Fsp3) is 0.450. The number of rotatable bonds is 6. The lowest BCUT2D eigenvalue weighted by molar-refractivity contribution is 0.311. The van der Waals surface area contributed by atoms with E-state index in [-0.39, 0.29) is 0 Å². The van der Waals surface area contributed by atoms with Gasteiger partial charge in [-0.05, 0) is 62.5 Å². The Morgan fingerprint density at radius 2 is 2.08 bits per heavy atom. The van der Waals surface area contributed by atoms with E-state index in [2.05, 4.69) is 33.4 Å². The van der Waals surface area contributed by atoms with E-state index in [0.29, 0.717) is 0 Å². The van der Waals surface area contributed by atoms with Crippen LogP contribution in [0.15, 0.2) is 40.8 Å². The van der Waals surface area contributed by atoms with Crippen molar-refractivity contribution in [1.29, 1.82) is 0 Å². The van der Waals surface area contributed by atoms with Crippen LogP contribution in [0.1, 0.15) is 25.0 Å². The summed E-state index contributed by atoms with van der Waals surface area (Å²) in [5.41, 5.74) is 1.04. The number of aromatic nitrogens is 1. The molecule has 3 heterocycles. The molecule has 2 fully saturated rings. The van der Waals surface area contributed by atoms with E-state index in [1.54, 1.807) is 11.3 Å². The van der Waals surface area contributed by atoms with Gasteiger partial charge in [-0.15, -0.1) is 11.3 Å². The summed E-state index contributed by atoms with van der Waals surface area (Å²) in [6.45, 7) is 4.44. The molecule has 1 unspecified atom stereocenters. The molecule has 0 bridgehead atoms. The predicted octanol–water partition coefficient (Wildman–Crippen LogP) is 4.13. The molecule has 1 atom stereocenters. The standard InChI is InChI=1S/C20H23N3OS/c1-2-4-19-17(3-1)22-20(25-19)18-8-7-16(24-18)12-21-11-14-9-10-23(13-14)15-5-6-15/h1-4,7-8,14-15,21H,5-6,9-13H2. The molecule has 0 radical (unpaired) electrons. The summed E-state index contributed by atoms with van der Waals surface area (Å²) in [5, 5.41) is 4.54. The van der Waals surface area contributed by atoms with Crippen LogP contribution in [0.3, 0.4) is 0 Å². The number of para-hydroxylation sites is 1. The van der Waals surface area contributed by atoms with Gasteiger partial charge in [-0.2, -0.15) is 0 Å². The third-order valence-electron chi connectivity index (χ3n) is 5.28. The molecule has 25 heavy (non-hydrogen) atoms. The molecule has 130 valence electrons. The summed E-state index contributed by atoms with van der Waals surface area (Å²) in [6, 6.07) is 13.2. The quantitative estimate of drug-likeness (QED) is 0.723. The fourth-order valence-corrected chi connectivity index (χ4v) is 4.69. The average Bonchev–Trinajstić information content (AvgIpc) is 3.05. The van der Waals surface area contributed by atoms with Gasteiger partial charge in [0.25, 0.3) is 0 Å². The first-order valence-electron chi connectivity index (χ1n) is 9.24. The van der Waals surface area contributed by atoms with Crippen LogP contribution in [0.5, 0.6) is 0 Å². The first-order chi connectivity index (χ1) is 12.3. The second-order valence-electron chi connectivity index (χ2n) is 7.26. The third kappa shape index (κ3) is 3.36. The van der Waals surface area contributed by atoms with E-state index in [1.165, 1.54) is 37.1 Å². The summed E-state index contributed by atoms with van der Waals surface area (Å²) in [4.78, 5) is 7.34. The second kappa shape index (κ2) is 6.56. The molecule has 0 amide bonds. The molecule has 2 aromatic heterocycles. The van der Waals surface area contributed by atoms with E-state index in [0.717, 1.165) is 47.1 Å². The van der Waals surface area contributed by atoms with Gasteiger partial charge in [0.2, 0.25) is 0 Å². The molecule has 1 aliphatic heterocycles. The Hall–Kier alpha value is -1.69. The van der Waals surface area contributed by atoms with Crippen molar-refractivity contribution in [3.8, 4) is 10.8 Å². The number of hydrogen-bond acceptors (Lipinski definition) is 5. The number of furan rings is 1. The molecule has 1 aliphatic carbocycles. The number of likely N-dealkylation sites (tertiary alicyclic amines) is 1. The van der Waals surface area contributed by atoms with E-state index in [9.17, 15) is 0 Å². The Morgan fingerprint density at radius 1 is 1.16 bits per heavy atom. The number of benzene rings is 1. The van der Waals surface area contributed by atoms with Gasteiger partial charge in [0.1, 0.15) is 5.76 Å². The highest BCUT2D eigenvalue weighted by Crippen LogP contribution is 2.32. The highest BCUT2D eigenvalue weighted by molar-refractivity contribution is 7.21. The lowest BCUT2D eigenvalue weighted by Crippen LogP contribution is -2.27. The lowest BCUT2D eigenvalue weighted by atomic mass is 10.1. The Labute approximate surface area is 151 Å². The minimum atomic E-state index is 0.791. The molecule has 2 aliphatic rings. The zero-order chi connectivity index (χ0) is 16.6. The zero-order valence-electron chi connectivity index (χ0n) is 14.3. The summed E-state index contributed by atoms with van der Waals surface area (Å²) < 4.78 is 7.21. The molecule has 5 rings (SSSR count). The maximum Gasteiger partial charge on any atom is 0.163 e. The monoisotopic (exact) mass is 353 g/mol. The number of fused-ring (bicyclic) bond motifs is 1. The smallest absolute Gasteiger partial charge is 0.163 e. The van der Waals surface area contributed by atoms with Crippen LogP contribution in [-0.2, 0) is 6.54 Å². The van der Waals surface area contributed by atoms with Gasteiger partial charge in [-0.3, -0.25) is 0 Å². The molecule has 1 N–H and O–H groups in total. The molecule has 1 aromatic carbocycles. The van der Waals surface area contributed by atoms with Crippen molar-refractivity contribution >= 4 is 21.6 Å². The van der Waals surface area contributed by atoms with E-state index < -0.39 is 0 Å². The van der Waals surface area contributed by atoms with Crippen molar-refractivity contribution in [2.24, 2.45) is 5.92 Å². The van der Waals surface area contributed by atoms with Crippen molar-refractivity contribution in [3.05, 3.63) is 42.2 Å². The summed E-state index contributed by atoms with van der Waals surface area (Å²) in [7, 11) is 0. The van der Waals surface area contributed by atoms with Crippen LogP contribution >= 0.6 is 11.3 Å². The van der Waals surface area contributed by atoms with Gasteiger partial charge >= 0.3 is 0 Å². The van der Waals surface area contributed by atoms with Crippen LogP contribution in [0.25, 0.3) is 21.0 Å². The average molecular weight is 353 g/mol. The zero-order valence-corrected chi connectivity index (χ0v) is 15.1. The first kappa shape index (κ1) is 15.6. The lowest BCUT2D eigenvalue weighted by Gasteiger charge is -2.14. The van der Waals surface area contributed by atoms with Crippen LogP contribution in [-0.4, -0.2) is 35.6 Å². The van der Waals surface area contributed by atoms with Gasteiger partial charge in [-0.25, -0.2) is 4.98 Å². The Balaban J connectivity index is 1.17. The number of hydrogen-bond donors (Lipinski definition) is 1. The van der Waals surface area contributed by atoms with Crippen molar-refractivity contribution in [1.82, 2.24) is 15.2 Å². The SMILES string of the molecule is c1ccc2sc(-c3ccc(CNCC4CCN(C5CC5)C4)o3)nc2c1. The number of nitrogens with zero attached hydrogens (tertiary/aromatic N) is 2. The molecule has 4 nitrogen and oxygen atoms in total. The van der Waals surface area contributed by atoms with Crippen molar-refractivity contribution in [3.63, 3.8) is 0 Å². The van der Waals surface area contributed by atoms with Gasteiger partial charge in [0, 0.05) is 12.6 Å². The molecule has 0 spiro atoms. The largest absolute Gasteiger partial charge is 0.457 e. The van der Waals surface area contributed by atoms with Gasteiger partial charge in [0.15, 0.2) is 10.8 Å². The predicted molar refractivity (Wildman–Crippen MR) is 102 cm³/mol. The Morgan fingerprint density at radius 3 is 2.96 bits per heavy atom. The highest BCUT2D eigenvalue weighted by atomic mass is 32.1. The second-order valence-corrected chi connectivity index (χ2v) is 8.30. The Bertz CT molecular complexity index is 834. The topological polar surface area (TPSA) is 41.3 Å². The number of nitrogens with one attached hydrogen (secondary N) is 1. The van der Waals surface area contributed by atoms with Gasteiger partial charge < -0.3 is 14.6 Å². The highest BCUT2D eigenvalue weighted by Gasteiger charge is 2.34. The van der Waals surface area contributed by atoms with Crippen molar-refractivity contribution in [2.45, 2.75) is 31.8 Å². The van der Waals surface area contributed by atoms with Crippen LogP contribution in [0.2, 0.25) is 0 Å². The van der Waals surface area contributed by atoms with Crippen molar-refractivity contribution < 1.29 is 4.42 Å². The number of thiazole rings is 1. The molecule has 5 heteroatoms. The van der Waals surface area contributed by atoms with Crippen molar-refractivity contribution in [2.75, 3.05) is 19.6 Å².